The minimum Gasteiger partial charge on any atom is -0.195 e. The minimum absolute atomic E-state index is 0.255. The Balaban J connectivity index is 2.71. The van der Waals surface area contributed by atoms with Crippen molar-refractivity contribution in [2.24, 2.45) is 0 Å². The van der Waals surface area contributed by atoms with E-state index >= 15 is 0 Å². The molecule has 1 fully saturated rings. The highest BCUT2D eigenvalue weighted by Crippen LogP contribution is 2.19. The van der Waals surface area contributed by atoms with Crippen LogP contribution in [0.25, 0.3) is 0 Å². The van der Waals surface area contributed by atoms with Gasteiger partial charge in [0.25, 0.3) is 10.2 Å². The average molecular weight is 255 g/mol. The second kappa shape index (κ2) is 4.57. The zero-order valence-corrected chi connectivity index (χ0v) is 11.0. The third-order valence-electron chi connectivity index (χ3n) is 2.79. The van der Waals surface area contributed by atoms with Gasteiger partial charge in [-0.15, -0.1) is 11.6 Å². The molecule has 0 spiro atoms. The van der Waals surface area contributed by atoms with Crippen molar-refractivity contribution in [3.8, 4) is 0 Å². The smallest absolute Gasteiger partial charge is 0.195 e. The normalized spacial score (nSPS) is 21.9. The zero-order valence-electron chi connectivity index (χ0n) is 9.46. The second-order valence-corrected chi connectivity index (χ2v) is 6.88. The van der Waals surface area contributed by atoms with Crippen molar-refractivity contribution in [3.05, 3.63) is 0 Å². The lowest BCUT2D eigenvalue weighted by atomic mass is 10.0. The fourth-order valence-corrected chi connectivity index (χ4v) is 3.24. The van der Waals surface area contributed by atoms with Gasteiger partial charge < -0.3 is 0 Å². The first-order valence-corrected chi connectivity index (χ1v) is 7.06. The van der Waals surface area contributed by atoms with E-state index in [1.165, 1.54) is 4.31 Å². The Morgan fingerprint density at radius 2 is 1.80 bits per heavy atom. The maximum atomic E-state index is 11.9. The van der Waals surface area contributed by atoms with E-state index in [0.29, 0.717) is 13.1 Å². The number of hydrogen-bond donors (Lipinski definition) is 1. The lowest BCUT2D eigenvalue weighted by Crippen LogP contribution is -2.53. The molecule has 1 unspecified atom stereocenters. The zero-order chi connectivity index (χ0) is 11.7. The molecule has 4 nitrogen and oxygen atoms in total. The summed E-state index contributed by atoms with van der Waals surface area (Å²) < 4.78 is 27.9. The molecule has 0 amide bonds. The van der Waals surface area contributed by atoms with E-state index in [1.54, 1.807) is 20.8 Å². The number of nitrogens with zero attached hydrogens (tertiary/aromatic N) is 1. The van der Waals surface area contributed by atoms with Gasteiger partial charge in [-0.05, 0) is 33.6 Å². The Morgan fingerprint density at radius 3 is 2.20 bits per heavy atom. The molecule has 1 heterocycles. The van der Waals surface area contributed by atoms with Gasteiger partial charge in [-0.1, -0.05) is 0 Å². The summed E-state index contributed by atoms with van der Waals surface area (Å²) in [4.78, 5) is 0. The van der Waals surface area contributed by atoms with Gasteiger partial charge in [-0.2, -0.15) is 17.4 Å². The van der Waals surface area contributed by atoms with Crippen LogP contribution in [0.1, 0.15) is 33.6 Å². The second-order valence-electron chi connectivity index (χ2n) is 4.55. The summed E-state index contributed by atoms with van der Waals surface area (Å²) in [6, 6.07) is 0. The van der Waals surface area contributed by atoms with Crippen molar-refractivity contribution in [3.63, 3.8) is 0 Å². The molecule has 1 aliphatic rings. The van der Waals surface area contributed by atoms with Crippen LogP contribution < -0.4 is 4.72 Å². The lowest BCUT2D eigenvalue weighted by Gasteiger charge is -2.30. The summed E-state index contributed by atoms with van der Waals surface area (Å²) in [6.45, 7) is 6.59. The number of alkyl halides is 1. The van der Waals surface area contributed by atoms with Crippen LogP contribution in [0, 0.1) is 0 Å². The van der Waals surface area contributed by atoms with Gasteiger partial charge in [0.2, 0.25) is 0 Å². The average Bonchev–Trinajstić information content (AvgIpc) is 2.53. The number of rotatable bonds is 4. The third kappa shape index (κ3) is 3.31. The van der Waals surface area contributed by atoms with E-state index in [1.807, 2.05) is 0 Å². The number of hydrogen-bond acceptors (Lipinski definition) is 2. The van der Waals surface area contributed by atoms with Gasteiger partial charge in [0.1, 0.15) is 0 Å². The van der Waals surface area contributed by atoms with Gasteiger partial charge in [0.15, 0.2) is 0 Å². The molecule has 90 valence electrons. The summed E-state index contributed by atoms with van der Waals surface area (Å²) in [7, 11) is -3.36. The monoisotopic (exact) mass is 254 g/mol. The van der Waals surface area contributed by atoms with Gasteiger partial charge in [0.05, 0.1) is 0 Å². The van der Waals surface area contributed by atoms with E-state index in [-0.39, 0.29) is 5.38 Å². The maximum absolute atomic E-state index is 11.9. The topological polar surface area (TPSA) is 49.4 Å². The minimum atomic E-state index is -3.36. The molecule has 0 saturated carbocycles. The van der Waals surface area contributed by atoms with Crippen LogP contribution in [0.4, 0.5) is 0 Å². The highest BCUT2D eigenvalue weighted by atomic mass is 35.5. The Morgan fingerprint density at radius 1 is 1.33 bits per heavy atom. The summed E-state index contributed by atoms with van der Waals surface area (Å²) >= 11 is 5.94. The summed E-state index contributed by atoms with van der Waals surface area (Å²) in [6.07, 6.45) is 1.88. The van der Waals surface area contributed by atoms with E-state index in [0.717, 1.165) is 12.8 Å². The highest BCUT2D eigenvalue weighted by Gasteiger charge is 2.33. The first-order valence-electron chi connectivity index (χ1n) is 5.19. The predicted molar refractivity (Wildman–Crippen MR) is 62.3 cm³/mol. The molecule has 0 bridgehead atoms. The molecule has 6 heteroatoms. The predicted octanol–water partition coefficient (Wildman–Crippen LogP) is 1.32. The van der Waals surface area contributed by atoms with Crippen LogP contribution in [0.2, 0.25) is 0 Å². The summed E-state index contributed by atoms with van der Waals surface area (Å²) in [5.41, 5.74) is -0.622. The molecule has 0 radical (unpaired) electrons. The lowest BCUT2D eigenvalue weighted by molar-refractivity contribution is 0.405. The molecule has 0 aliphatic carbocycles. The third-order valence-corrected chi connectivity index (χ3v) is 5.17. The Labute approximate surface area is 97.2 Å². The van der Waals surface area contributed by atoms with Crippen LogP contribution in [0.3, 0.4) is 0 Å². The Hall–Kier alpha value is 0.160. The maximum Gasteiger partial charge on any atom is 0.279 e. The summed E-state index contributed by atoms with van der Waals surface area (Å²) in [5, 5.41) is -0.255. The fraction of sp³-hybridized carbons (Fsp3) is 1.00. The van der Waals surface area contributed by atoms with Gasteiger partial charge >= 0.3 is 0 Å². The van der Waals surface area contributed by atoms with E-state index in [9.17, 15) is 8.42 Å². The molecule has 15 heavy (non-hydrogen) atoms. The van der Waals surface area contributed by atoms with Crippen LogP contribution in [-0.4, -0.2) is 36.7 Å². The van der Waals surface area contributed by atoms with Crippen LogP contribution in [0.5, 0.6) is 0 Å². The fourth-order valence-electron chi connectivity index (χ4n) is 1.41. The van der Waals surface area contributed by atoms with E-state index in [4.69, 9.17) is 11.6 Å². The van der Waals surface area contributed by atoms with Gasteiger partial charge in [0, 0.05) is 24.0 Å². The van der Waals surface area contributed by atoms with Crippen molar-refractivity contribution in [1.29, 1.82) is 0 Å². The van der Waals surface area contributed by atoms with Crippen LogP contribution in [0.15, 0.2) is 0 Å². The van der Waals surface area contributed by atoms with Crippen molar-refractivity contribution >= 4 is 21.8 Å². The highest BCUT2D eigenvalue weighted by molar-refractivity contribution is 7.87. The van der Waals surface area contributed by atoms with Crippen molar-refractivity contribution in [2.45, 2.75) is 44.5 Å². The largest absolute Gasteiger partial charge is 0.279 e. The van der Waals surface area contributed by atoms with Gasteiger partial charge in [-0.25, -0.2) is 0 Å². The first-order chi connectivity index (χ1) is 6.76. The molecule has 1 saturated heterocycles. The number of halogens is 1. The molecule has 0 aromatic rings. The molecule has 0 aromatic carbocycles. The van der Waals surface area contributed by atoms with Crippen LogP contribution in [-0.2, 0) is 10.2 Å². The molecule has 1 atom stereocenters. The van der Waals surface area contributed by atoms with E-state index in [2.05, 4.69) is 4.72 Å². The Kier molecular flexibility index (Phi) is 4.03. The standard InChI is InChI=1S/C9H19ClN2O2S/c1-8(10)9(2,3)11-15(13,14)12-6-4-5-7-12/h8,11H,4-7H2,1-3H3. The molecule has 1 rings (SSSR count). The molecular formula is C9H19ClN2O2S. The van der Waals surface area contributed by atoms with E-state index < -0.39 is 15.7 Å². The van der Waals surface area contributed by atoms with Crippen molar-refractivity contribution < 1.29 is 8.42 Å². The van der Waals surface area contributed by atoms with Crippen LogP contribution >= 0.6 is 11.6 Å². The molecule has 1 N–H and O–H groups in total. The van der Waals surface area contributed by atoms with Gasteiger partial charge in [-0.3, -0.25) is 0 Å². The van der Waals surface area contributed by atoms with Crippen molar-refractivity contribution in [2.75, 3.05) is 13.1 Å². The molecule has 0 aromatic heterocycles. The Bertz CT molecular complexity index is 308. The first kappa shape index (κ1) is 13.2. The quantitative estimate of drug-likeness (QED) is 0.770. The molecular weight excluding hydrogens is 236 g/mol. The molecule has 1 aliphatic heterocycles. The summed E-state index contributed by atoms with van der Waals surface area (Å²) in [5.74, 6) is 0. The van der Waals surface area contributed by atoms with Crippen molar-refractivity contribution in [1.82, 2.24) is 9.03 Å². The number of nitrogens with one attached hydrogen (secondary N) is 1. The SMILES string of the molecule is CC(Cl)C(C)(C)NS(=O)(=O)N1CCCC1.